The van der Waals surface area contributed by atoms with E-state index < -0.39 is 6.09 Å². The standard InChI is InChI=1S/C28H41N5O4/c1-4-31(3)15-9-14-29-27(34)23-10-8-11-24(22-23)33-18-16-32(17-19-33)20-21-37-28(35)30-25-12-6-7-13-26(25)36-5-2/h6-8,10-13,22H,4-5,9,14-21H2,1-3H3,(H,29,34)(H,30,35). The van der Waals surface area contributed by atoms with Gasteiger partial charge in [-0.15, -0.1) is 0 Å². The number of ether oxygens (including phenoxy) is 2. The molecule has 3 rings (SSSR count). The highest BCUT2D eigenvalue weighted by atomic mass is 16.5. The second kappa shape index (κ2) is 15.1. The summed E-state index contributed by atoms with van der Waals surface area (Å²) in [5.74, 6) is 0.596. The number of anilines is 2. The summed E-state index contributed by atoms with van der Waals surface area (Å²) in [6.45, 7) is 11.6. The Morgan fingerprint density at radius 1 is 1.03 bits per heavy atom. The van der Waals surface area contributed by atoms with Crippen molar-refractivity contribution in [3.63, 3.8) is 0 Å². The van der Waals surface area contributed by atoms with Crippen molar-refractivity contribution in [1.82, 2.24) is 15.1 Å². The first-order valence-electron chi connectivity index (χ1n) is 13.2. The largest absolute Gasteiger partial charge is 0.492 e. The second-order valence-corrected chi connectivity index (χ2v) is 9.07. The third-order valence-corrected chi connectivity index (χ3v) is 6.45. The predicted molar refractivity (Wildman–Crippen MR) is 148 cm³/mol. The molecule has 0 radical (unpaired) electrons. The van der Waals surface area contributed by atoms with Crippen LogP contribution < -0.4 is 20.3 Å². The number of nitrogens with zero attached hydrogens (tertiary/aromatic N) is 3. The molecule has 2 N–H and O–H groups in total. The molecule has 0 bridgehead atoms. The summed E-state index contributed by atoms with van der Waals surface area (Å²) in [7, 11) is 2.08. The fourth-order valence-electron chi connectivity index (χ4n) is 4.15. The van der Waals surface area contributed by atoms with Crippen molar-refractivity contribution in [3.05, 3.63) is 54.1 Å². The first-order valence-corrected chi connectivity index (χ1v) is 13.2. The highest BCUT2D eigenvalue weighted by Gasteiger charge is 2.18. The number of rotatable bonds is 13. The number of hydrogen-bond donors (Lipinski definition) is 2. The van der Waals surface area contributed by atoms with E-state index in [4.69, 9.17) is 9.47 Å². The summed E-state index contributed by atoms with van der Waals surface area (Å²) in [6, 6.07) is 15.1. The van der Waals surface area contributed by atoms with Crippen LogP contribution in [-0.2, 0) is 4.74 Å². The molecular formula is C28H41N5O4. The molecule has 0 unspecified atom stereocenters. The first-order chi connectivity index (χ1) is 18.0. The zero-order chi connectivity index (χ0) is 26.5. The summed E-state index contributed by atoms with van der Waals surface area (Å²) in [5, 5.41) is 5.78. The minimum absolute atomic E-state index is 0.0288. The SMILES string of the molecule is CCOc1ccccc1NC(=O)OCCN1CCN(c2cccc(C(=O)NCCCN(C)CC)c2)CC1. The molecule has 0 atom stereocenters. The smallest absolute Gasteiger partial charge is 0.411 e. The lowest BCUT2D eigenvalue weighted by Gasteiger charge is -2.36. The van der Waals surface area contributed by atoms with Crippen LogP contribution in [0.4, 0.5) is 16.2 Å². The normalized spacial score (nSPS) is 13.9. The van der Waals surface area contributed by atoms with Crippen LogP contribution in [0.2, 0.25) is 0 Å². The molecule has 2 aromatic rings. The predicted octanol–water partition coefficient (Wildman–Crippen LogP) is 3.53. The van der Waals surface area contributed by atoms with Gasteiger partial charge < -0.3 is 24.6 Å². The van der Waals surface area contributed by atoms with Crippen molar-refractivity contribution in [2.45, 2.75) is 20.3 Å². The van der Waals surface area contributed by atoms with E-state index in [9.17, 15) is 9.59 Å². The van der Waals surface area contributed by atoms with E-state index in [1.165, 1.54) is 0 Å². The summed E-state index contributed by atoms with van der Waals surface area (Å²) < 4.78 is 10.9. The number of benzene rings is 2. The van der Waals surface area contributed by atoms with Gasteiger partial charge in [-0.05, 0) is 63.8 Å². The quantitative estimate of drug-likeness (QED) is 0.398. The highest BCUT2D eigenvalue weighted by Crippen LogP contribution is 2.23. The lowest BCUT2D eigenvalue weighted by Crippen LogP contribution is -2.47. The van der Waals surface area contributed by atoms with Gasteiger partial charge in [-0.25, -0.2) is 4.79 Å². The molecule has 0 saturated carbocycles. The Hall–Kier alpha value is -3.30. The van der Waals surface area contributed by atoms with Crippen LogP contribution in [0.15, 0.2) is 48.5 Å². The van der Waals surface area contributed by atoms with Crippen molar-refractivity contribution in [2.75, 3.05) is 82.8 Å². The number of hydrogen-bond acceptors (Lipinski definition) is 7. The number of piperazine rings is 1. The van der Waals surface area contributed by atoms with Crippen molar-refractivity contribution >= 4 is 23.4 Å². The van der Waals surface area contributed by atoms with Gasteiger partial charge in [0.1, 0.15) is 12.4 Å². The summed E-state index contributed by atoms with van der Waals surface area (Å²) in [5.41, 5.74) is 2.35. The summed E-state index contributed by atoms with van der Waals surface area (Å²) in [6.07, 6.45) is 0.446. The molecule has 1 saturated heterocycles. The van der Waals surface area contributed by atoms with E-state index in [1.807, 2.05) is 43.3 Å². The maximum atomic E-state index is 12.6. The maximum Gasteiger partial charge on any atom is 0.411 e. The van der Waals surface area contributed by atoms with E-state index in [-0.39, 0.29) is 5.91 Å². The number of carbonyl (C=O) groups excluding carboxylic acids is 2. The van der Waals surface area contributed by atoms with Gasteiger partial charge in [0.15, 0.2) is 0 Å². The van der Waals surface area contributed by atoms with Gasteiger partial charge in [-0.2, -0.15) is 0 Å². The molecule has 1 aliphatic heterocycles. The number of carbonyl (C=O) groups is 2. The van der Waals surface area contributed by atoms with Crippen LogP contribution in [0.25, 0.3) is 0 Å². The molecule has 1 heterocycles. The van der Waals surface area contributed by atoms with E-state index in [0.717, 1.165) is 51.4 Å². The Morgan fingerprint density at radius 2 is 1.81 bits per heavy atom. The molecular weight excluding hydrogens is 470 g/mol. The summed E-state index contributed by atoms with van der Waals surface area (Å²) >= 11 is 0. The van der Waals surface area contributed by atoms with Crippen LogP contribution in [0, 0.1) is 0 Å². The van der Waals surface area contributed by atoms with Crippen molar-refractivity contribution in [3.8, 4) is 5.75 Å². The Bertz CT molecular complexity index is 994. The fraction of sp³-hybridized carbons (Fsp3) is 0.500. The van der Waals surface area contributed by atoms with E-state index in [1.54, 1.807) is 6.07 Å². The molecule has 1 aliphatic rings. The van der Waals surface area contributed by atoms with E-state index in [0.29, 0.717) is 43.3 Å². The lowest BCUT2D eigenvalue weighted by atomic mass is 10.1. The molecule has 0 spiro atoms. The zero-order valence-corrected chi connectivity index (χ0v) is 22.4. The number of para-hydroxylation sites is 2. The van der Waals surface area contributed by atoms with Crippen LogP contribution in [0.3, 0.4) is 0 Å². The lowest BCUT2D eigenvalue weighted by molar-refractivity contribution is 0.0952. The van der Waals surface area contributed by atoms with E-state index >= 15 is 0 Å². The van der Waals surface area contributed by atoms with Crippen molar-refractivity contribution < 1.29 is 19.1 Å². The Morgan fingerprint density at radius 3 is 2.57 bits per heavy atom. The Balaban J connectivity index is 1.37. The number of amides is 2. The number of nitrogens with one attached hydrogen (secondary N) is 2. The zero-order valence-electron chi connectivity index (χ0n) is 22.4. The monoisotopic (exact) mass is 511 g/mol. The molecule has 202 valence electrons. The van der Waals surface area contributed by atoms with Crippen LogP contribution in [0.5, 0.6) is 5.75 Å². The Kier molecular flexibility index (Phi) is 11.5. The fourth-order valence-corrected chi connectivity index (χ4v) is 4.15. The third-order valence-electron chi connectivity index (χ3n) is 6.45. The average Bonchev–Trinajstić information content (AvgIpc) is 2.92. The van der Waals surface area contributed by atoms with E-state index in [2.05, 4.69) is 45.4 Å². The minimum atomic E-state index is -0.488. The van der Waals surface area contributed by atoms with Gasteiger partial charge in [0.25, 0.3) is 5.91 Å². The van der Waals surface area contributed by atoms with Gasteiger partial charge in [0, 0.05) is 50.5 Å². The van der Waals surface area contributed by atoms with Crippen LogP contribution in [-0.4, -0.2) is 94.4 Å². The third kappa shape index (κ3) is 9.26. The van der Waals surface area contributed by atoms with Gasteiger partial charge in [-0.1, -0.05) is 25.1 Å². The van der Waals surface area contributed by atoms with Gasteiger partial charge in [0.05, 0.1) is 12.3 Å². The van der Waals surface area contributed by atoms with Crippen LogP contribution >= 0.6 is 0 Å². The topological polar surface area (TPSA) is 86.4 Å². The molecule has 37 heavy (non-hydrogen) atoms. The molecule has 1 fully saturated rings. The molecule has 2 amide bonds. The van der Waals surface area contributed by atoms with Crippen molar-refractivity contribution in [2.24, 2.45) is 0 Å². The average molecular weight is 512 g/mol. The van der Waals surface area contributed by atoms with Gasteiger partial charge >= 0.3 is 6.09 Å². The van der Waals surface area contributed by atoms with Crippen LogP contribution in [0.1, 0.15) is 30.6 Å². The summed E-state index contributed by atoms with van der Waals surface area (Å²) in [4.78, 5) is 31.6. The van der Waals surface area contributed by atoms with Crippen molar-refractivity contribution in [1.29, 1.82) is 0 Å². The first kappa shape index (κ1) is 28.3. The highest BCUT2D eigenvalue weighted by molar-refractivity contribution is 5.95. The molecule has 0 aromatic heterocycles. The Labute approximate surface area is 220 Å². The second-order valence-electron chi connectivity index (χ2n) is 9.07. The molecule has 0 aliphatic carbocycles. The minimum Gasteiger partial charge on any atom is -0.492 e. The van der Waals surface area contributed by atoms with Gasteiger partial charge in [0.2, 0.25) is 0 Å². The molecule has 9 heteroatoms. The maximum absolute atomic E-state index is 12.6. The molecule has 2 aromatic carbocycles. The molecule has 9 nitrogen and oxygen atoms in total. The van der Waals surface area contributed by atoms with Gasteiger partial charge in [-0.3, -0.25) is 15.0 Å².